The van der Waals surface area contributed by atoms with Gasteiger partial charge in [-0.25, -0.2) is 0 Å². The lowest BCUT2D eigenvalue weighted by Crippen LogP contribution is -2.49. The molecular weight excluding hydrogens is 370 g/mol. The van der Waals surface area contributed by atoms with Gasteiger partial charge in [-0.15, -0.1) is 0 Å². The van der Waals surface area contributed by atoms with Crippen molar-refractivity contribution in [2.45, 2.75) is 44.5 Å². The number of ether oxygens (including phenoxy) is 3. The van der Waals surface area contributed by atoms with E-state index >= 15 is 0 Å². The molecule has 2 aromatic rings. The molecule has 0 spiro atoms. The molecule has 1 saturated heterocycles. The Labute approximate surface area is 171 Å². The van der Waals surface area contributed by atoms with Gasteiger partial charge in [-0.3, -0.25) is 4.79 Å². The van der Waals surface area contributed by atoms with Gasteiger partial charge in [-0.2, -0.15) is 0 Å². The van der Waals surface area contributed by atoms with Crippen molar-refractivity contribution in [1.29, 1.82) is 0 Å². The Kier molecular flexibility index (Phi) is 6.37. The third kappa shape index (κ3) is 4.57. The van der Waals surface area contributed by atoms with Crippen molar-refractivity contribution in [2.75, 3.05) is 40.5 Å². The molecule has 1 atom stereocenters. The number of morpholine rings is 1. The molecule has 4 rings (SSSR count). The van der Waals surface area contributed by atoms with E-state index in [0.717, 1.165) is 50.2 Å². The van der Waals surface area contributed by atoms with Crippen molar-refractivity contribution in [3.05, 3.63) is 30.0 Å². The number of rotatable bonds is 9. The second-order valence-corrected chi connectivity index (χ2v) is 7.84. The van der Waals surface area contributed by atoms with Crippen molar-refractivity contribution in [2.24, 2.45) is 0 Å². The molecule has 29 heavy (non-hydrogen) atoms. The largest absolute Gasteiger partial charge is 0.497 e. The van der Waals surface area contributed by atoms with Crippen molar-refractivity contribution in [1.82, 2.24) is 14.8 Å². The number of nitrogens with one attached hydrogen (secondary N) is 1. The third-order valence-corrected chi connectivity index (χ3v) is 5.73. The Bertz CT molecular complexity index is 840. The maximum atomic E-state index is 13.2. The Balaban J connectivity index is 1.60. The number of methoxy groups -OCH3 is 2. The fourth-order valence-electron chi connectivity index (χ4n) is 4.03. The molecule has 7 heteroatoms. The molecule has 2 fully saturated rings. The van der Waals surface area contributed by atoms with E-state index in [0.29, 0.717) is 25.7 Å². The lowest BCUT2D eigenvalue weighted by molar-refractivity contribution is -0.146. The van der Waals surface area contributed by atoms with E-state index in [1.807, 2.05) is 11.0 Å². The molecular formula is C22H31N3O4. The van der Waals surface area contributed by atoms with Crippen LogP contribution in [0.4, 0.5) is 0 Å². The number of carbonyl (C=O) groups excluding carboxylic acids is 1. The van der Waals surface area contributed by atoms with Crippen LogP contribution in [-0.4, -0.2) is 68.0 Å². The molecule has 1 saturated carbocycles. The standard InChI is InChI=1S/C22H31N3O4/c1-27-10-3-9-24-14-16(19-7-6-18(28-2)12-20(19)24)15-25(17-4-5-17)22(26)21-13-23-8-11-29-21/h6-7,12,14,17,21,23H,3-5,8-11,13,15H2,1-2H3/t21-/m1/s1. The molecule has 7 nitrogen and oxygen atoms in total. The zero-order valence-corrected chi connectivity index (χ0v) is 17.4. The predicted molar refractivity (Wildman–Crippen MR) is 111 cm³/mol. The van der Waals surface area contributed by atoms with Gasteiger partial charge in [-0.1, -0.05) is 0 Å². The molecule has 2 aliphatic rings. The highest BCUT2D eigenvalue weighted by Gasteiger charge is 2.37. The normalized spacial score (nSPS) is 19.4. The minimum atomic E-state index is -0.375. The van der Waals surface area contributed by atoms with Gasteiger partial charge in [0.1, 0.15) is 11.9 Å². The average Bonchev–Trinajstić information content (AvgIpc) is 3.55. The minimum Gasteiger partial charge on any atom is -0.497 e. The number of hydrogen-bond donors (Lipinski definition) is 1. The summed E-state index contributed by atoms with van der Waals surface area (Å²) in [7, 11) is 3.41. The summed E-state index contributed by atoms with van der Waals surface area (Å²) in [6.07, 6.45) is 4.89. The number of amides is 1. The van der Waals surface area contributed by atoms with Crippen LogP contribution in [0.25, 0.3) is 10.9 Å². The van der Waals surface area contributed by atoms with Crippen LogP contribution in [0.5, 0.6) is 5.75 Å². The van der Waals surface area contributed by atoms with Gasteiger partial charge in [0.2, 0.25) is 0 Å². The highest BCUT2D eigenvalue weighted by atomic mass is 16.5. The lowest BCUT2D eigenvalue weighted by Gasteiger charge is -2.30. The number of fused-ring (bicyclic) bond motifs is 1. The van der Waals surface area contributed by atoms with E-state index in [4.69, 9.17) is 14.2 Å². The monoisotopic (exact) mass is 401 g/mol. The van der Waals surface area contributed by atoms with E-state index in [9.17, 15) is 4.79 Å². The second-order valence-electron chi connectivity index (χ2n) is 7.84. The molecule has 0 radical (unpaired) electrons. The quantitative estimate of drug-likeness (QED) is 0.653. The number of aryl methyl sites for hydroxylation is 1. The first kappa shape index (κ1) is 20.2. The molecule has 1 aliphatic heterocycles. The first-order chi connectivity index (χ1) is 14.2. The predicted octanol–water partition coefficient (Wildman–Crippen LogP) is 2.17. The van der Waals surface area contributed by atoms with E-state index < -0.39 is 0 Å². The smallest absolute Gasteiger partial charge is 0.253 e. The Morgan fingerprint density at radius 1 is 1.34 bits per heavy atom. The summed E-state index contributed by atoms with van der Waals surface area (Å²) in [5.74, 6) is 0.945. The Morgan fingerprint density at radius 2 is 2.21 bits per heavy atom. The van der Waals surface area contributed by atoms with E-state index in [1.165, 1.54) is 10.9 Å². The highest BCUT2D eigenvalue weighted by molar-refractivity contribution is 5.87. The lowest BCUT2D eigenvalue weighted by atomic mass is 10.1. The van der Waals surface area contributed by atoms with Crippen LogP contribution in [-0.2, 0) is 27.4 Å². The van der Waals surface area contributed by atoms with Crippen LogP contribution in [0.15, 0.2) is 24.4 Å². The first-order valence-electron chi connectivity index (χ1n) is 10.5. The van der Waals surface area contributed by atoms with Gasteiger partial charge in [0, 0.05) is 63.6 Å². The topological polar surface area (TPSA) is 65.0 Å². The van der Waals surface area contributed by atoms with E-state index in [1.54, 1.807) is 14.2 Å². The van der Waals surface area contributed by atoms with Crippen molar-refractivity contribution in [3.8, 4) is 5.75 Å². The maximum absolute atomic E-state index is 13.2. The van der Waals surface area contributed by atoms with Gasteiger partial charge < -0.3 is 29.0 Å². The van der Waals surface area contributed by atoms with Gasteiger partial charge >= 0.3 is 0 Å². The van der Waals surface area contributed by atoms with Gasteiger partial charge in [0.05, 0.1) is 19.2 Å². The summed E-state index contributed by atoms with van der Waals surface area (Å²) >= 11 is 0. The molecule has 1 aliphatic carbocycles. The van der Waals surface area contributed by atoms with Gasteiger partial charge in [0.25, 0.3) is 5.91 Å². The molecule has 1 aromatic carbocycles. The van der Waals surface area contributed by atoms with E-state index in [2.05, 4.69) is 28.2 Å². The van der Waals surface area contributed by atoms with E-state index in [-0.39, 0.29) is 12.0 Å². The van der Waals surface area contributed by atoms with Crippen LogP contribution in [0.3, 0.4) is 0 Å². The summed E-state index contributed by atoms with van der Waals surface area (Å²) in [5.41, 5.74) is 2.30. The summed E-state index contributed by atoms with van der Waals surface area (Å²) in [5, 5.41) is 4.44. The first-order valence-corrected chi connectivity index (χ1v) is 10.5. The number of carbonyl (C=O) groups is 1. The number of aromatic nitrogens is 1. The molecule has 158 valence electrons. The second kappa shape index (κ2) is 9.15. The van der Waals surface area contributed by atoms with Crippen molar-refractivity contribution < 1.29 is 19.0 Å². The SMILES string of the molecule is COCCCn1cc(CN(C(=O)[C@H]2CNCCO2)C2CC2)c2ccc(OC)cc21. The van der Waals surface area contributed by atoms with Crippen molar-refractivity contribution in [3.63, 3.8) is 0 Å². The Morgan fingerprint density at radius 3 is 2.90 bits per heavy atom. The zero-order valence-electron chi connectivity index (χ0n) is 17.4. The zero-order chi connectivity index (χ0) is 20.2. The fourth-order valence-corrected chi connectivity index (χ4v) is 4.03. The third-order valence-electron chi connectivity index (χ3n) is 5.73. The van der Waals surface area contributed by atoms with Crippen LogP contribution >= 0.6 is 0 Å². The summed E-state index contributed by atoms with van der Waals surface area (Å²) in [6, 6.07) is 6.49. The Hall–Kier alpha value is -2.09. The highest BCUT2D eigenvalue weighted by Crippen LogP contribution is 2.32. The molecule has 2 heterocycles. The summed E-state index contributed by atoms with van der Waals surface area (Å²) in [6.45, 7) is 4.20. The fraction of sp³-hybridized carbons (Fsp3) is 0.591. The number of benzene rings is 1. The van der Waals surface area contributed by atoms with Gasteiger partial charge in [-0.05, 0) is 37.0 Å². The van der Waals surface area contributed by atoms with Crippen molar-refractivity contribution >= 4 is 16.8 Å². The molecule has 1 N–H and O–H groups in total. The van der Waals surface area contributed by atoms with Crippen LogP contribution < -0.4 is 10.1 Å². The average molecular weight is 402 g/mol. The van der Waals surface area contributed by atoms with Crippen LogP contribution in [0.2, 0.25) is 0 Å². The van der Waals surface area contributed by atoms with Gasteiger partial charge in [0.15, 0.2) is 0 Å². The molecule has 0 unspecified atom stereocenters. The molecule has 0 bridgehead atoms. The minimum absolute atomic E-state index is 0.105. The summed E-state index contributed by atoms with van der Waals surface area (Å²) < 4.78 is 18.6. The summed E-state index contributed by atoms with van der Waals surface area (Å²) in [4.78, 5) is 15.2. The van der Waals surface area contributed by atoms with Crippen LogP contribution in [0.1, 0.15) is 24.8 Å². The number of hydrogen-bond acceptors (Lipinski definition) is 5. The maximum Gasteiger partial charge on any atom is 0.253 e. The molecule has 1 amide bonds. The number of nitrogens with zero attached hydrogens (tertiary/aromatic N) is 2. The molecule has 1 aromatic heterocycles. The van der Waals surface area contributed by atoms with Crippen LogP contribution in [0, 0.1) is 0 Å².